The molecular formula is C17H17F3N4O3. The average molecular weight is 382 g/mol. The van der Waals surface area contributed by atoms with Gasteiger partial charge in [0.25, 0.3) is 5.91 Å². The van der Waals surface area contributed by atoms with E-state index in [0.29, 0.717) is 24.8 Å². The molecule has 2 aromatic rings. The van der Waals surface area contributed by atoms with E-state index in [1.165, 1.54) is 24.5 Å². The van der Waals surface area contributed by atoms with Crippen molar-refractivity contribution in [2.75, 3.05) is 0 Å². The van der Waals surface area contributed by atoms with Crippen molar-refractivity contribution in [3.05, 3.63) is 47.3 Å². The highest BCUT2D eigenvalue weighted by molar-refractivity contribution is 5.94. The smallest absolute Gasteiger partial charge is 0.449 e. The average Bonchev–Trinajstić information content (AvgIpc) is 3.01. The Hall–Kier alpha value is -2.91. The van der Waals surface area contributed by atoms with Gasteiger partial charge in [-0.1, -0.05) is 0 Å². The lowest BCUT2D eigenvalue weighted by atomic mass is 10.0. The number of hydrogen-bond donors (Lipinski definition) is 2. The van der Waals surface area contributed by atoms with Crippen LogP contribution < -0.4 is 5.32 Å². The highest BCUT2D eigenvalue weighted by Gasteiger charge is 2.40. The Morgan fingerprint density at radius 1 is 1.26 bits per heavy atom. The van der Waals surface area contributed by atoms with Crippen molar-refractivity contribution in [3.63, 3.8) is 0 Å². The molecule has 2 N–H and O–H groups in total. The molecule has 0 saturated carbocycles. The van der Waals surface area contributed by atoms with Gasteiger partial charge in [-0.15, -0.1) is 0 Å². The molecule has 27 heavy (non-hydrogen) atoms. The number of aromatic nitrogens is 3. The topological polar surface area (TPSA) is 97.1 Å². The van der Waals surface area contributed by atoms with Gasteiger partial charge in [-0.2, -0.15) is 13.2 Å². The first-order valence-electron chi connectivity index (χ1n) is 8.36. The lowest BCUT2D eigenvalue weighted by Crippen LogP contribution is -2.31. The number of pyridine rings is 1. The number of rotatable bonds is 5. The molecule has 144 valence electrons. The maximum atomic E-state index is 13.3. The van der Waals surface area contributed by atoms with Gasteiger partial charge in [0.05, 0.1) is 18.2 Å². The van der Waals surface area contributed by atoms with Crippen LogP contribution in [-0.4, -0.2) is 31.5 Å². The lowest BCUT2D eigenvalue weighted by Gasteiger charge is -2.19. The van der Waals surface area contributed by atoms with Crippen molar-refractivity contribution >= 4 is 11.9 Å². The number of nitrogens with one attached hydrogen (secondary N) is 1. The highest BCUT2D eigenvalue weighted by Crippen LogP contribution is 2.33. The lowest BCUT2D eigenvalue weighted by molar-refractivity contribution is -0.147. The molecule has 0 bridgehead atoms. The monoisotopic (exact) mass is 382 g/mol. The van der Waals surface area contributed by atoms with Crippen LogP contribution in [-0.2, 0) is 23.9 Å². The van der Waals surface area contributed by atoms with Gasteiger partial charge >= 0.3 is 12.1 Å². The Kier molecular flexibility index (Phi) is 5.15. The zero-order chi connectivity index (χ0) is 19.6. The van der Waals surface area contributed by atoms with Crippen LogP contribution in [0.5, 0.6) is 0 Å². The van der Waals surface area contributed by atoms with E-state index < -0.39 is 36.3 Å². The summed E-state index contributed by atoms with van der Waals surface area (Å²) in [5.41, 5.74) is 0.422. The van der Waals surface area contributed by atoms with Crippen molar-refractivity contribution in [1.82, 2.24) is 19.9 Å². The van der Waals surface area contributed by atoms with Gasteiger partial charge in [-0.3, -0.25) is 14.6 Å². The third-order valence-corrected chi connectivity index (χ3v) is 4.38. The first kappa shape index (κ1) is 18.9. The molecule has 1 atom stereocenters. The summed E-state index contributed by atoms with van der Waals surface area (Å²) in [5, 5.41) is 11.6. The summed E-state index contributed by atoms with van der Waals surface area (Å²) in [7, 11) is 0. The predicted molar refractivity (Wildman–Crippen MR) is 86.9 cm³/mol. The number of halogens is 3. The van der Waals surface area contributed by atoms with Crippen LogP contribution >= 0.6 is 0 Å². The van der Waals surface area contributed by atoms with Crippen LogP contribution in [0.25, 0.3) is 0 Å². The number of aliphatic carboxylic acids is 1. The van der Waals surface area contributed by atoms with Gasteiger partial charge in [-0.25, -0.2) is 4.98 Å². The summed E-state index contributed by atoms with van der Waals surface area (Å²) in [6.07, 6.45) is -0.662. The minimum absolute atomic E-state index is 0.146. The fourth-order valence-corrected chi connectivity index (χ4v) is 3.19. The highest BCUT2D eigenvalue weighted by atomic mass is 19.4. The van der Waals surface area contributed by atoms with Gasteiger partial charge in [0.1, 0.15) is 5.69 Å². The number of imidazole rings is 1. The van der Waals surface area contributed by atoms with Gasteiger partial charge in [0.15, 0.2) is 0 Å². The van der Waals surface area contributed by atoms with Gasteiger partial charge < -0.3 is 15.0 Å². The van der Waals surface area contributed by atoms with Gasteiger partial charge in [0, 0.05) is 18.9 Å². The van der Waals surface area contributed by atoms with Crippen LogP contribution in [0.3, 0.4) is 0 Å². The molecule has 0 saturated heterocycles. The Morgan fingerprint density at radius 2 is 1.96 bits per heavy atom. The maximum absolute atomic E-state index is 13.3. The molecule has 0 aliphatic carbocycles. The molecule has 2 aromatic heterocycles. The second-order valence-corrected chi connectivity index (χ2v) is 6.24. The summed E-state index contributed by atoms with van der Waals surface area (Å²) in [5.74, 6) is -3.07. The molecule has 1 amide bonds. The summed E-state index contributed by atoms with van der Waals surface area (Å²) < 4.78 is 40.8. The molecular weight excluding hydrogens is 365 g/mol. The van der Waals surface area contributed by atoms with Crippen LogP contribution in [0.4, 0.5) is 13.2 Å². The molecule has 1 aliphatic heterocycles. The van der Waals surface area contributed by atoms with Crippen LogP contribution in [0.15, 0.2) is 24.5 Å². The summed E-state index contributed by atoms with van der Waals surface area (Å²) in [6, 6.07) is 2.17. The van der Waals surface area contributed by atoms with E-state index in [9.17, 15) is 22.8 Å². The molecule has 0 aromatic carbocycles. The van der Waals surface area contributed by atoms with E-state index in [-0.39, 0.29) is 17.9 Å². The fourth-order valence-electron chi connectivity index (χ4n) is 3.19. The molecule has 0 spiro atoms. The number of nitrogens with zero attached hydrogens (tertiary/aromatic N) is 3. The molecule has 0 fully saturated rings. The molecule has 10 heteroatoms. The van der Waals surface area contributed by atoms with E-state index in [0.717, 1.165) is 4.57 Å². The van der Waals surface area contributed by atoms with Crippen molar-refractivity contribution in [2.45, 2.75) is 44.4 Å². The SMILES string of the molecule is O=C(O)CC(NC(=O)c1nc(C(F)(F)F)n2c1CCCC2)c1ccncc1. The molecule has 0 radical (unpaired) electrons. The zero-order valence-electron chi connectivity index (χ0n) is 14.2. The van der Waals surface area contributed by atoms with Crippen molar-refractivity contribution < 1.29 is 27.9 Å². The molecule has 1 unspecified atom stereocenters. The van der Waals surface area contributed by atoms with Gasteiger partial charge in [0.2, 0.25) is 5.82 Å². The van der Waals surface area contributed by atoms with Crippen LogP contribution in [0, 0.1) is 0 Å². The number of hydrogen-bond acceptors (Lipinski definition) is 4. The Balaban J connectivity index is 1.93. The van der Waals surface area contributed by atoms with Crippen LogP contribution in [0.1, 0.15) is 52.9 Å². The first-order valence-corrected chi connectivity index (χ1v) is 8.36. The number of carbonyl (C=O) groups excluding carboxylic acids is 1. The third-order valence-electron chi connectivity index (χ3n) is 4.38. The van der Waals surface area contributed by atoms with Crippen molar-refractivity contribution in [2.24, 2.45) is 0 Å². The summed E-state index contributed by atoms with van der Waals surface area (Å²) >= 11 is 0. The molecule has 3 rings (SSSR count). The van der Waals surface area contributed by atoms with E-state index in [4.69, 9.17) is 5.11 Å². The molecule has 3 heterocycles. The second kappa shape index (κ2) is 7.37. The van der Waals surface area contributed by atoms with E-state index in [1.807, 2.05) is 0 Å². The van der Waals surface area contributed by atoms with Gasteiger partial charge in [-0.05, 0) is 37.0 Å². The minimum Gasteiger partial charge on any atom is -0.481 e. The van der Waals surface area contributed by atoms with Crippen molar-refractivity contribution in [3.8, 4) is 0 Å². The number of alkyl halides is 3. The second-order valence-electron chi connectivity index (χ2n) is 6.24. The fraction of sp³-hybridized carbons (Fsp3) is 0.412. The largest absolute Gasteiger partial charge is 0.481 e. The summed E-state index contributed by atoms with van der Waals surface area (Å²) in [6.45, 7) is 0.146. The number of amides is 1. The molecule has 1 aliphatic rings. The number of carboxylic acids is 1. The zero-order valence-corrected chi connectivity index (χ0v) is 14.2. The first-order chi connectivity index (χ1) is 12.8. The summed E-state index contributed by atoms with van der Waals surface area (Å²) in [4.78, 5) is 31.2. The Labute approximate surface area is 152 Å². The number of carboxylic acid groups (broad SMARTS) is 1. The maximum Gasteiger partial charge on any atom is 0.449 e. The quantitative estimate of drug-likeness (QED) is 0.829. The molecule has 7 nitrogen and oxygen atoms in total. The Morgan fingerprint density at radius 3 is 2.59 bits per heavy atom. The Bertz CT molecular complexity index is 849. The van der Waals surface area contributed by atoms with E-state index in [1.54, 1.807) is 0 Å². The standard InChI is InChI=1S/C17H17F3N4O3/c18-17(19,20)16-23-14(12-3-1-2-8-24(12)16)15(27)22-11(9-13(25)26)10-4-6-21-7-5-10/h4-7,11H,1-3,8-9H2,(H,22,27)(H,25,26). The van der Waals surface area contributed by atoms with E-state index in [2.05, 4.69) is 15.3 Å². The number of fused-ring (bicyclic) bond motifs is 1. The normalized spacial score (nSPS) is 15.1. The minimum atomic E-state index is -4.67. The van der Waals surface area contributed by atoms with Crippen LogP contribution in [0.2, 0.25) is 0 Å². The number of carbonyl (C=O) groups is 2. The van der Waals surface area contributed by atoms with Crippen molar-refractivity contribution in [1.29, 1.82) is 0 Å². The van der Waals surface area contributed by atoms with E-state index >= 15 is 0 Å². The third kappa shape index (κ3) is 4.09. The predicted octanol–water partition coefficient (Wildman–Crippen LogP) is 2.58.